The van der Waals surface area contributed by atoms with Gasteiger partial charge >= 0.3 is 0 Å². The average Bonchev–Trinajstić information content (AvgIpc) is 3.27. The summed E-state index contributed by atoms with van der Waals surface area (Å²) in [6.07, 6.45) is 2.59. The second kappa shape index (κ2) is 8.52. The number of thiophene rings is 1. The molecule has 0 atom stereocenters. The Kier molecular flexibility index (Phi) is 6.12. The molecule has 0 radical (unpaired) electrons. The fraction of sp³-hybridized carbons (Fsp3) is 0.300. The molecule has 0 aliphatic carbocycles. The normalized spacial score (nSPS) is 10.9. The molecule has 0 saturated carbocycles. The molecule has 3 rings (SSSR count). The van der Waals surface area contributed by atoms with Gasteiger partial charge in [0.2, 0.25) is 5.91 Å². The van der Waals surface area contributed by atoms with Crippen LogP contribution in [0, 0.1) is 6.92 Å². The predicted molar refractivity (Wildman–Crippen MR) is 105 cm³/mol. The number of carbonyl (C=O) groups is 1. The molecule has 26 heavy (non-hydrogen) atoms. The molecular formula is C20H21ClN2O2S. The maximum absolute atomic E-state index is 12.5. The number of amides is 1. The molecule has 2 aromatic heterocycles. The molecule has 0 bridgehead atoms. The van der Waals surface area contributed by atoms with Crippen molar-refractivity contribution in [2.45, 2.75) is 33.2 Å². The third-order valence-electron chi connectivity index (χ3n) is 4.15. The number of aryl methyl sites for hydroxylation is 2. The Hall–Kier alpha value is -2.11. The van der Waals surface area contributed by atoms with Crippen LogP contribution in [0.2, 0.25) is 4.34 Å². The van der Waals surface area contributed by atoms with Gasteiger partial charge in [0.15, 0.2) is 11.7 Å². The van der Waals surface area contributed by atoms with E-state index >= 15 is 0 Å². The summed E-state index contributed by atoms with van der Waals surface area (Å²) in [7, 11) is 0. The molecule has 0 saturated heterocycles. The van der Waals surface area contributed by atoms with E-state index in [2.05, 4.69) is 4.98 Å². The molecule has 0 aliphatic heterocycles. The zero-order valence-electron chi connectivity index (χ0n) is 14.9. The molecule has 1 amide bonds. The van der Waals surface area contributed by atoms with E-state index in [1.165, 1.54) is 16.9 Å². The summed E-state index contributed by atoms with van der Waals surface area (Å²) in [5.74, 6) is 1.41. The van der Waals surface area contributed by atoms with Gasteiger partial charge in [-0.3, -0.25) is 4.79 Å². The van der Waals surface area contributed by atoms with Crippen LogP contribution in [0.1, 0.15) is 29.7 Å². The molecule has 2 heterocycles. The van der Waals surface area contributed by atoms with Crippen molar-refractivity contribution in [2.75, 3.05) is 6.54 Å². The van der Waals surface area contributed by atoms with Crippen molar-refractivity contribution in [3.05, 3.63) is 63.3 Å². The van der Waals surface area contributed by atoms with E-state index in [9.17, 15) is 4.79 Å². The van der Waals surface area contributed by atoms with E-state index < -0.39 is 0 Å². The summed E-state index contributed by atoms with van der Waals surface area (Å²) >= 11 is 7.47. The average molecular weight is 389 g/mol. The van der Waals surface area contributed by atoms with E-state index in [4.69, 9.17) is 16.0 Å². The van der Waals surface area contributed by atoms with Crippen LogP contribution in [-0.4, -0.2) is 22.3 Å². The number of rotatable bonds is 7. The second-order valence-electron chi connectivity index (χ2n) is 6.10. The first-order valence-corrected chi connectivity index (χ1v) is 9.78. The Morgan fingerprint density at radius 3 is 2.65 bits per heavy atom. The molecule has 0 spiro atoms. The van der Waals surface area contributed by atoms with Gasteiger partial charge in [-0.2, -0.15) is 0 Å². The van der Waals surface area contributed by atoms with Gasteiger partial charge in [0.25, 0.3) is 0 Å². The number of halogens is 1. The standard InChI is InChI=1S/C20H21ClN2O2S/c1-3-23(13-16-8-9-18(21)26-16)20(24)11-10-19-22-12-17(25-19)15-6-4-14(2)5-7-15/h4-9,12H,3,10-11,13H2,1-2H3. The molecule has 6 heteroatoms. The van der Waals surface area contributed by atoms with E-state index in [1.807, 2.05) is 55.1 Å². The monoisotopic (exact) mass is 388 g/mol. The first kappa shape index (κ1) is 18.7. The first-order chi connectivity index (χ1) is 12.5. The quantitative estimate of drug-likeness (QED) is 0.548. The Morgan fingerprint density at radius 2 is 2.00 bits per heavy atom. The van der Waals surface area contributed by atoms with Gasteiger partial charge in [-0.15, -0.1) is 11.3 Å². The highest BCUT2D eigenvalue weighted by Crippen LogP contribution is 2.24. The summed E-state index contributed by atoms with van der Waals surface area (Å²) in [6.45, 7) is 5.28. The SMILES string of the molecule is CCN(Cc1ccc(Cl)s1)C(=O)CCc1ncc(-c2ccc(C)cc2)o1. The van der Waals surface area contributed by atoms with Crippen LogP contribution in [0.3, 0.4) is 0 Å². The van der Waals surface area contributed by atoms with Crippen molar-refractivity contribution < 1.29 is 9.21 Å². The smallest absolute Gasteiger partial charge is 0.223 e. The lowest BCUT2D eigenvalue weighted by atomic mass is 10.1. The van der Waals surface area contributed by atoms with Crippen LogP contribution < -0.4 is 0 Å². The number of hydrogen-bond donors (Lipinski definition) is 0. The van der Waals surface area contributed by atoms with Crippen molar-refractivity contribution in [3.8, 4) is 11.3 Å². The second-order valence-corrected chi connectivity index (χ2v) is 7.90. The van der Waals surface area contributed by atoms with Gasteiger partial charge in [-0.1, -0.05) is 41.4 Å². The molecule has 0 aliphatic rings. The van der Waals surface area contributed by atoms with Crippen molar-refractivity contribution in [1.82, 2.24) is 9.88 Å². The van der Waals surface area contributed by atoms with E-state index in [-0.39, 0.29) is 5.91 Å². The predicted octanol–water partition coefficient (Wildman–Crippen LogP) is 5.35. The van der Waals surface area contributed by atoms with Gasteiger partial charge in [-0.05, 0) is 26.0 Å². The Morgan fingerprint density at radius 1 is 1.23 bits per heavy atom. The van der Waals surface area contributed by atoms with Crippen molar-refractivity contribution in [1.29, 1.82) is 0 Å². The fourth-order valence-electron chi connectivity index (χ4n) is 2.65. The molecule has 0 N–H and O–H groups in total. The summed E-state index contributed by atoms with van der Waals surface area (Å²) < 4.78 is 6.54. The Labute approximate surface area is 162 Å². The topological polar surface area (TPSA) is 46.3 Å². The summed E-state index contributed by atoms with van der Waals surface area (Å²) in [5, 5.41) is 0. The van der Waals surface area contributed by atoms with Crippen molar-refractivity contribution in [3.63, 3.8) is 0 Å². The van der Waals surface area contributed by atoms with E-state index in [0.29, 0.717) is 31.8 Å². The highest BCUT2D eigenvalue weighted by Gasteiger charge is 2.15. The summed E-state index contributed by atoms with van der Waals surface area (Å²) in [4.78, 5) is 19.7. The third kappa shape index (κ3) is 4.74. The number of oxazole rings is 1. The molecule has 1 aromatic carbocycles. The van der Waals surface area contributed by atoms with Crippen molar-refractivity contribution >= 4 is 28.8 Å². The van der Waals surface area contributed by atoms with Gasteiger partial charge in [0.1, 0.15) is 0 Å². The lowest BCUT2D eigenvalue weighted by Gasteiger charge is -2.19. The number of nitrogens with zero attached hydrogens (tertiary/aromatic N) is 2. The summed E-state index contributed by atoms with van der Waals surface area (Å²) in [5.41, 5.74) is 2.19. The number of hydrogen-bond acceptors (Lipinski definition) is 4. The van der Waals surface area contributed by atoms with E-state index in [0.717, 1.165) is 20.5 Å². The Bertz CT molecular complexity index is 870. The minimum absolute atomic E-state index is 0.0899. The van der Waals surface area contributed by atoms with Crippen molar-refractivity contribution in [2.24, 2.45) is 0 Å². The molecule has 4 nitrogen and oxygen atoms in total. The van der Waals surface area contributed by atoms with Crippen LogP contribution in [0.25, 0.3) is 11.3 Å². The minimum atomic E-state index is 0.0899. The van der Waals surface area contributed by atoms with Crippen LogP contribution in [0.5, 0.6) is 0 Å². The maximum atomic E-state index is 12.5. The lowest BCUT2D eigenvalue weighted by molar-refractivity contribution is -0.131. The highest BCUT2D eigenvalue weighted by molar-refractivity contribution is 7.16. The van der Waals surface area contributed by atoms with Crippen LogP contribution in [0.15, 0.2) is 47.0 Å². The Balaban J connectivity index is 1.57. The molecule has 0 unspecified atom stereocenters. The third-order valence-corrected chi connectivity index (χ3v) is 5.37. The number of aromatic nitrogens is 1. The van der Waals surface area contributed by atoms with Crippen LogP contribution >= 0.6 is 22.9 Å². The van der Waals surface area contributed by atoms with Gasteiger partial charge in [0.05, 0.1) is 17.1 Å². The largest absolute Gasteiger partial charge is 0.441 e. The lowest BCUT2D eigenvalue weighted by Crippen LogP contribution is -2.30. The fourth-order valence-corrected chi connectivity index (χ4v) is 3.75. The number of carbonyl (C=O) groups excluding carboxylic acids is 1. The van der Waals surface area contributed by atoms with Crippen LogP contribution in [0.4, 0.5) is 0 Å². The van der Waals surface area contributed by atoms with E-state index in [1.54, 1.807) is 6.20 Å². The summed E-state index contributed by atoms with van der Waals surface area (Å²) in [6, 6.07) is 11.9. The number of benzene rings is 1. The highest BCUT2D eigenvalue weighted by atomic mass is 35.5. The zero-order chi connectivity index (χ0) is 18.5. The maximum Gasteiger partial charge on any atom is 0.223 e. The molecule has 136 valence electrons. The zero-order valence-corrected chi connectivity index (χ0v) is 16.4. The van der Waals surface area contributed by atoms with Gasteiger partial charge in [-0.25, -0.2) is 4.98 Å². The van der Waals surface area contributed by atoms with Gasteiger partial charge < -0.3 is 9.32 Å². The molecule has 0 fully saturated rings. The first-order valence-electron chi connectivity index (χ1n) is 8.59. The molecular weight excluding hydrogens is 368 g/mol. The minimum Gasteiger partial charge on any atom is -0.441 e. The van der Waals surface area contributed by atoms with Crippen LogP contribution in [-0.2, 0) is 17.8 Å². The van der Waals surface area contributed by atoms with Gasteiger partial charge in [0, 0.05) is 29.8 Å². The molecule has 3 aromatic rings.